The van der Waals surface area contributed by atoms with Crippen molar-refractivity contribution in [1.29, 1.82) is 0 Å². The zero-order valence-electron chi connectivity index (χ0n) is 18.9. The van der Waals surface area contributed by atoms with E-state index in [0.29, 0.717) is 26.0 Å². The predicted molar refractivity (Wildman–Crippen MR) is 118 cm³/mol. The van der Waals surface area contributed by atoms with Crippen LogP contribution in [0.4, 0.5) is 0 Å². The third-order valence-electron chi connectivity index (χ3n) is 6.67. The molecule has 160 valence electrons. The minimum atomic E-state index is -0.248. The Morgan fingerprint density at radius 3 is 1.83 bits per heavy atom. The van der Waals surface area contributed by atoms with E-state index in [-0.39, 0.29) is 28.3 Å². The Labute approximate surface area is 180 Å². The van der Waals surface area contributed by atoms with Gasteiger partial charge in [-0.15, -0.1) is 0 Å². The molecule has 30 heavy (non-hydrogen) atoms. The molecule has 0 N–H and O–H groups in total. The van der Waals surface area contributed by atoms with Crippen LogP contribution in [-0.2, 0) is 14.3 Å². The number of methoxy groups -OCH3 is 1. The average Bonchev–Trinajstić information content (AvgIpc) is 2.64. The summed E-state index contributed by atoms with van der Waals surface area (Å²) >= 11 is 0. The highest BCUT2D eigenvalue weighted by Crippen LogP contribution is 2.54. The molecule has 1 heterocycles. The van der Waals surface area contributed by atoms with Gasteiger partial charge in [-0.05, 0) is 29.2 Å². The van der Waals surface area contributed by atoms with Crippen LogP contribution in [0.15, 0.2) is 52.9 Å². The van der Waals surface area contributed by atoms with Crippen molar-refractivity contribution in [2.75, 3.05) is 20.3 Å². The number of benzene rings is 1. The minimum Gasteiger partial charge on any atom is -0.383 e. The van der Waals surface area contributed by atoms with Gasteiger partial charge < -0.3 is 9.64 Å². The number of carbonyl (C=O) groups excluding carboxylic acids is 2. The highest BCUT2D eigenvalue weighted by atomic mass is 16.5. The molecule has 0 fully saturated rings. The van der Waals surface area contributed by atoms with E-state index in [1.165, 1.54) is 0 Å². The van der Waals surface area contributed by atoms with E-state index in [4.69, 9.17) is 4.74 Å². The van der Waals surface area contributed by atoms with Gasteiger partial charge in [0.25, 0.3) is 0 Å². The molecule has 2 aliphatic carbocycles. The van der Waals surface area contributed by atoms with Crippen LogP contribution in [0.2, 0.25) is 0 Å². The Kier molecular flexibility index (Phi) is 5.26. The predicted octanol–water partition coefficient (Wildman–Crippen LogP) is 5.02. The second-order valence-electron chi connectivity index (χ2n) is 10.6. The second kappa shape index (κ2) is 7.49. The summed E-state index contributed by atoms with van der Waals surface area (Å²) in [6.07, 6.45) is 2.73. The van der Waals surface area contributed by atoms with E-state index in [1.807, 2.05) is 18.2 Å². The highest BCUT2D eigenvalue weighted by Gasteiger charge is 2.48. The minimum absolute atomic E-state index is 0.0886. The molecule has 4 rings (SSSR count). The SMILES string of the molecule is COCCN1C2=C(C(=O)CC(C)(C)C2)C(c2ccccc2)C2=C1CC(C)(C)CC2=O. The van der Waals surface area contributed by atoms with Crippen molar-refractivity contribution in [1.82, 2.24) is 4.90 Å². The molecular weight excluding hydrogens is 374 g/mol. The Bertz CT molecular complexity index is 882. The number of hydrogen-bond donors (Lipinski definition) is 0. The first-order valence-electron chi connectivity index (χ1n) is 11.0. The molecule has 1 aliphatic heterocycles. The highest BCUT2D eigenvalue weighted by molar-refractivity contribution is 6.06. The van der Waals surface area contributed by atoms with Gasteiger partial charge in [0.05, 0.1) is 6.61 Å². The number of nitrogens with zero attached hydrogens (tertiary/aromatic N) is 1. The van der Waals surface area contributed by atoms with Crippen molar-refractivity contribution in [3.63, 3.8) is 0 Å². The summed E-state index contributed by atoms with van der Waals surface area (Å²) in [5.41, 5.74) is 4.75. The zero-order valence-corrected chi connectivity index (χ0v) is 18.9. The van der Waals surface area contributed by atoms with Crippen LogP contribution in [0.25, 0.3) is 0 Å². The third kappa shape index (κ3) is 3.66. The van der Waals surface area contributed by atoms with Gasteiger partial charge in [-0.1, -0.05) is 58.0 Å². The molecule has 0 amide bonds. The van der Waals surface area contributed by atoms with Gasteiger partial charge in [-0.2, -0.15) is 0 Å². The molecule has 0 unspecified atom stereocenters. The molecule has 0 bridgehead atoms. The van der Waals surface area contributed by atoms with Gasteiger partial charge in [0, 0.05) is 55.0 Å². The molecule has 1 aromatic rings. The van der Waals surface area contributed by atoms with Crippen molar-refractivity contribution < 1.29 is 14.3 Å². The number of ether oxygens (including phenoxy) is 1. The quantitative estimate of drug-likeness (QED) is 0.703. The van der Waals surface area contributed by atoms with Crippen LogP contribution in [0.1, 0.15) is 64.9 Å². The van der Waals surface area contributed by atoms with Crippen LogP contribution in [0, 0.1) is 10.8 Å². The molecule has 0 radical (unpaired) electrons. The number of allylic oxidation sites excluding steroid dienone is 4. The molecular formula is C26H33NO3. The van der Waals surface area contributed by atoms with E-state index in [1.54, 1.807) is 7.11 Å². The third-order valence-corrected chi connectivity index (χ3v) is 6.67. The smallest absolute Gasteiger partial charge is 0.162 e. The Balaban J connectivity index is 1.96. The fourth-order valence-corrected chi connectivity index (χ4v) is 5.48. The molecule has 3 aliphatic rings. The average molecular weight is 408 g/mol. The van der Waals surface area contributed by atoms with Crippen molar-refractivity contribution in [3.05, 3.63) is 58.4 Å². The molecule has 0 saturated carbocycles. The summed E-state index contributed by atoms with van der Waals surface area (Å²) < 4.78 is 5.42. The Hall–Kier alpha value is -2.20. The summed E-state index contributed by atoms with van der Waals surface area (Å²) in [6.45, 7) is 9.90. The van der Waals surface area contributed by atoms with Gasteiger partial charge in [-0.3, -0.25) is 9.59 Å². The zero-order chi connectivity index (χ0) is 21.7. The Morgan fingerprint density at radius 1 is 0.867 bits per heavy atom. The first-order chi connectivity index (χ1) is 14.1. The normalized spacial score (nSPS) is 23.6. The second-order valence-corrected chi connectivity index (χ2v) is 10.6. The van der Waals surface area contributed by atoms with Crippen molar-refractivity contribution >= 4 is 11.6 Å². The summed E-state index contributed by atoms with van der Waals surface area (Å²) in [5.74, 6) is 0.116. The lowest BCUT2D eigenvalue weighted by Gasteiger charge is -2.49. The number of Topliss-reactive ketones (excluding diaryl/α,β-unsaturated/α-hetero) is 2. The lowest BCUT2D eigenvalue weighted by Crippen LogP contribution is -2.45. The number of hydrogen-bond acceptors (Lipinski definition) is 4. The molecule has 0 atom stereocenters. The summed E-state index contributed by atoms with van der Waals surface area (Å²) in [7, 11) is 1.70. The van der Waals surface area contributed by atoms with Crippen molar-refractivity contribution in [2.24, 2.45) is 10.8 Å². The molecule has 0 saturated heterocycles. The van der Waals surface area contributed by atoms with E-state index < -0.39 is 0 Å². The summed E-state index contributed by atoms with van der Waals surface area (Å²) in [4.78, 5) is 29.3. The maximum atomic E-state index is 13.5. The lowest BCUT2D eigenvalue weighted by molar-refractivity contribution is -0.119. The lowest BCUT2D eigenvalue weighted by atomic mass is 9.63. The van der Waals surface area contributed by atoms with Crippen LogP contribution in [-0.4, -0.2) is 36.7 Å². The van der Waals surface area contributed by atoms with Gasteiger partial charge in [0.2, 0.25) is 0 Å². The largest absolute Gasteiger partial charge is 0.383 e. The molecule has 0 aromatic heterocycles. The maximum Gasteiger partial charge on any atom is 0.162 e. The molecule has 4 heteroatoms. The first kappa shape index (κ1) is 21.0. The van der Waals surface area contributed by atoms with Gasteiger partial charge in [0.1, 0.15) is 0 Å². The van der Waals surface area contributed by atoms with Crippen molar-refractivity contribution in [3.8, 4) is 0 Å². The first-order valence-corrected chi connectivity index (χ1v) is 11.0. The van der Waals surface area contributed by atoms with Crippen LogP contribution in [0.3, 0.4) is 0 Å². The molecule has 0 spiro atoms. The van der Waals surface area contributed by atoms with E-state index >= 15 is 0 Å². The fraction of sp³-hybridized carbons (Fsp3) is 0.538. The van der Waals surface area contributed by atoms with Crippen molar-refractivity contribution in [2.45, 2.75) is 59.3 Å². The summed E-state index contributed by atoms with van der Waals surface area (Å²) in [5, 5.41) is 0. The van der Waals surface area contributed by atoms with E-state index in [0.717, 1.165) is 40.9 Å². The van der Waals surface area contributed by atoms with Gasteiger partial charge in [-0.25, -0.2) is 0 Å². The number of carbonyl (C=O) groups is 2. The van der Waals surface area contributed by atoms with Crippen LogP contribution in [0.5, 0.6) is 0 Å². The number of ketones is 2. The standard InChI is InChI=1S/C26H33NO3/c1-25(2)13-18-23(20(28)15-25)22(17-9-7-6-8-10-17)24-19(27(18)11-12-30-5)14-26(3,4)16-21(24)29/h6-10,22H,11-16H2,1-5H3. The fourth-order valence-electron chi connectivity index (χ4n) is 5.48. The van der Waals surface area contributed by atoms with Crippen LogP contribution < -0.4 is 0 Å². The van der Waals surface area contributed by atoms with Gasteiger partial charge >= 0.3 is 0 Å². The molecule has 4 nitrogen and oxygen atoms in total. The molecule has 1 aromatic carbocycles. The van der Waals surface area contributed by atoms with Crippen LogP contribution >= 0.6 is 0 Å². The Morgan fingerprint density at radius 2 is 1.37 bits per heavy atom. The maximum absolute atomic E-state index is 13.5. The number of rotatable bonds is 4. The summed E-state index contributed by atoms with van der Waals surface area (Å²) in [6, 6.07) is 10.1. The van der Waals surface area contributed by atoms with E-state index in [9.17, 15) is 9.59 Å². The topological polar surface area (TPSA) is 46.6 Å². The van der Waals surface area contributed by atoms with E-state index in [2.05, 4.69) is 44.7 Å². The monoisotopic (exact) mass is 407 g/mol. The van der Waals surface area contributed by atoms with Gasteiger partial charge in [0.15, 0.2) is 11.6 Å².